The second-order valence-electron chi connectivity index (χ2n) is 5.12. The molecule has 0 unspecified atom stereocenters. The van der Waals surface area contributed by atoms with Crippen molar-refractivity contribution < 1.29 is 13.5 Å². The van der Waals surface area contributed by atoms with Gasteiger partial charge in [0.05, 0.1) is 11.5 Å². The number of hydrogen-bond donors (Lipinski definition) is 1. The van der Waals surface area contributed by atoms with Crippen molar-refractivity contribution in [1.82, 2.24) is 9.21 Å². The second-order valence-corrected chi connectivity index (χ2v) is 7.46. The summed E-state index contributed by atoms with van der Waals surface area (Å²) >= 11 is 5.99. The summed E-state index contributed by atoms with van der Waals surface area (Å²) in [6, 6.07) is 4.44. The van der Waals surface area contributed by atoms with Gasteiger partial charge in [0.2, 0.25) is 10.0 Å². The van der Waals surface area contributed by atoms with Crippen LogP contribution in [-0.4, -0.2) is 56.5 Å². The molecular weight excluding hydrogens is 312 g/mol. The third-order valence-electron chi connectivity index (χ3n) is 3.10. The highest BCUT2D eigenvalue weighted by molar-refractivity contribution is 7.89. The summed E-state index contributed by atoms with van der Waals surface area (Å²) in [5, 5.41) is 9.37. The van der Waals surface area contributed by atoms with Gasteiger partial charge in [0, 0.05) is 24.7 Å². The maximum atomic E-state index is 12.7. The van der Waals surface area contributed by atoms with Crippen LogP contribution in [-0.2, 0) is 16.6 Å². The first kappa shape index (κ1) is 18.4. The van der Waals surface area contributed by atoms with Crippen LogP contribution in [0.15, 0.2) is 23.1 Å². The minimum atomic E-state index is -3.57. The molecule has 1 N–H and O–H groups in total. The van der Waals surface area contributed by atoms with Crippen molar-refractivity contribution in [3.05, 3.63) is 28.8 Å². The molecule has 120 valence electrons. The molecule has 5 nitrogen and oxygen atoms in total. The molecule has 1 aromatic carbocycles. The van der Waals surface area contributed by atoms with Gasteiger partial charge in [0.1, 0.15) is 0 Å². The summed E-state index contributed by atoms with van der Waals surface area (Å²) in [5.41, 5.74) is 0.519. The average Bonchev–Trinajstić information content (AvgIpc) is 2.42. The zero-order valence-corrected chi connectivity index (χ0v) is 14.3. The normalized spacial score (nSPS) is 12.3. The van der Waals surface area contributed by atoms with E-state index in [0.29, 0.717) is 25.2 Å². The number of likely N-dealkylation sites (N-methyl/N-ethyl adjacent to an activating group) is 1. The quantitative estimate of drug-likeness (QED) is 0.787. The summed E-state index contributed by atoms with van der Waals surface area (Å²) in [7, 11) is 0.247. The van der Waals surface area contributed by atoms with E-state index in [1.165, 1.54) is 16.4 Å². The molecule has 0 atom stereocenters. The van der Waals surface area contributed by atoms with Gasteiger partial charge in [-0.1, -0.05) is 24.6 Å². The van der Waals surface area contributed by atoms with Crippen molar-refractivity contribution >= 4 is 21.6 Å². The van der Waals surface area contributed by atoms with E-state index in [-0.39, 0.29) is 16.5 Å². The summed E-state index contributed by atoms with van der Waals surface area (Å²) in [5.74, 6) is 0. The van der Waals surface area contributed by atoms with Crippen molar-refractivity contribution in [1.29, 1.82) is 0 Å². The molecule has 7 heteroatoms. The van der Waals surface area contributed by atoms with E-state index in [2.05, 4.69) is 0 Å². The molecule has 21 heavy (non-hydrogen) atoms. The lowest BCUT2D eigenvalue weighted by atomic mass is 10.2. The standard InChI is InChI=1S/C14H23ClN2O3S/c1-4-7-17(9-8-16(2)3)21(19,20)13-6-5-12(11-18)14(15)10-13/h5-6,10,18H,4,7-9,11H2,1-3H3. The van der Waals surface area contributed by atoms with Crippen LogP contribution in [0.4, 0.5) is 0 Å². The summed E-state index contributed by atoms with van der Waals surface area (Å²) in [6.45, 7) is 3.29. The number of halogens is 1. The van der Waals surface area contributed by atoms with Crippen LogP contribution >= 0.6 is 11.6 Å². The number of benzene rings is 1. The topological polar surface area (TPSA) is 60.9 Å². The van der Waals surface area contributed by atoms with Gasteiger partial charge in [-0.2, -0.15) is 4.31 Å². The lowest BCUT2D eigenvalue weighted by molar-refractivity contribution is 0.282. The fourth-order valence-electron chi connectivity index (χ4n) is 1.88. The Morgan fingerprint density at radius 2 is 1.86 bits per heavy atom. The number of nitrogens with zero attached hydrogens (tertiary/aromatic N) is 2. The lowest BCUT2D eigenvalue weighted by Crippen LogP contribution is -2.37. The number of hydrogen-bond acceptors (Lipinski definition) is 4. The highest BCUT2D eigenvalue weighted by Crippen LogP contribution is 2.23. The Morgan fingerprint density at radius 3 is 2.33 bits per heavy atom. The Hall–Kier alpha value is -0.660. The van der Waals surface area contributed by atoms with Crippen LogP contribution in [0.1, 0.15) is 18.9 Å². The zero-order valence-electron chi connectivity index (χ0n) is 12.7. The first-order valence-electron chi connectivity index (χ1n) is 6.87. The third kappa shape index (κ3) is 4.93. The van der Waals surface area contributed by atoms with Crippen LogP contribution in [0.25, 0.3) is 0 Å². The number of sulfonamides is 1. The van der Waals surface area contributed by atoms with E-state index in [1.807, 2.05) is 25.9 Å². The van der Waals surface area contributed by atoms with Crippen LogP contribution in [0.2, 0.25) is 5.02 Å². The molecule has 1 aromatic rings. The van der Waals surface area contributed by atoms with Gasteiger partial charge in [-0.3, -0.25) is 0 Å². The van der Waals surface area contributed by atoms with Gasteiger partial charge in [-0.15, -0.1) is 0 Å². The summed E-state index contributed by atoms with van der Waals surface area (Å²) in [4.78, 5) is 2.11. The Morgan fingerprint density at radius 1 is 1.19 bits per heavy atom. The maximum absolute atomic E-state index is 12.7. The van der Waals surface area contributed by atoms with E-state index >= 15 is 0 Å². The number of rotatable bonds is 8. The van der Waals surface area contributed by atoms with Gasteiger partial charge in [0.25, 0.3) is 0 Å². The van der Waals surface area contributed by atoms with E-state index in [0.717, 1.165) is 6.42 Å². The van der Waals surface area contributed by atoms with E-state index < -0.39 is 10.0 Å². The number of aliphatic hydroxyl groups is 1. The molecular formula is C14H23ClN2O3S. The molecule has 0 aromatic heterocycles. The van der Waals surface area contributed by atoms with Gasteiger partial charge >= 0.3 is 0 Å². The fraction of sp³-hybridized carbons (Fsp3) is 0.571. The Labute approximate surface area is 132 Å². The third-order valence-corrected chi connectivity index (χ3v) is 5.35. The van der Waals surface area contributed by atoms with Gasteiger partial charge < -0.3 is 10.0 Å². The minimum absolute atomic E-state index is 0.164. The first-order chi connectivity index (χ1) is 9.82. The lowest BCUT2D eigenvalue weighted by Gasteiger charge is -2.23. The summed E-state index contributed by atoms with van der Waals surface area (Å²) < 4.78 is 26.8. The SMILES string of the molecule is CCCN(CCN(C)C)S(=O)(=O)c1ccc(CO)c(Cl)c1. The minimum Gasteiger partial charge on any atom is -0.392 e. The molecule has 0 fully saturated rings. The molecule has 1 rings (SSSR count). The predicted molar refractivity (Wildman–Crippen MR) is 85.0 cm³/mol. The van der Waals surface area contributed by atoms with Crippen LogP contribution in [0.5, 0.6) is 0 Å². The average molecular weight is 335 g/mol. The number of aliphatic hydroxyl groups excluding tert-OH is 1. The van der Waals surface area contributed by atoms with Crippen molar-refractivity contribution in [2.75, 3.05) is 33.7 Å². The zero-order chi connectivity index (χ0) is 16.0. The van der Waals surface area contributed by atoms with E-state index in [1.54, 1.807) is 6.07 Å². The van der Waals surface area contributed by atoms with Crippen molar-refractivity contribution in [2.24, 2.45) is 0 Å². The van der Waals surface area contributed by atoms with Crippen molar-refractivity contribution in [3.63, 3.8) is 0 Å². The van der Waals surface area contributed by atoms with Crippen LogP contribution < -0.4 is 0 Å². The Kier molecular flexibility index (Phi) is 7.09. The molecule has 0 aliphatic heterocycles. The van der Waals surface area contributed by atoms with E-state index in [9.17, 15) is 8.42 Å². The van der Waals surface area contributed by atoms with Crippen LogP contribution in [0, 0.1) is 0 Å². The van der Waals surface area contributed by atoms with Gasteiger partial charge in [0.15, 0.2) is 0 Å². The monoisotopic (exact) mass is 334 g/mol. The molecule has 0 radical (unpaired) electrons. The molecule has 0 spiro atoms. The van der Waals surface area contributed by atoms with Gasteiger partial charge in [-0.25, -0.2) is 8.42 Å². The smallest absolute Gasteiger partial charge is 0.243 e. The van der Waals surface area contributed by atoms with Crippen molar-refractivity contribution in [3.8, 4) is 0 Å². The van der Waals surface area contributed by atoms with E-state index in [4.69, 9.17) is 16.7 Å². The predicted octanol–water partition coefficient (Wildman–Crippen LogP) is 1.79. The maximum Gasteiger partial charge on any atom is 0.243 e. The molecule has 0 amide bonds. The first-order valence-corrected chi connectivity index (χ1v) is 8.69. The molecule has 0 aliphatic carbocycles. The molecule has 0 aliphatic rings. The van der Waals surface area contributed by atoms with Gasteiger partial charge in [-0.05, 0) is 38.2 Å². The Bertz CT molecular complexity index is 561. The fourth-order valence-corrected chi connectivity index (χ4v) is 3.73. The van der Waals surface area contributed by atoms with Crippen molar-refractivity contribution in [2.45, 2.75) is 24.8 Å². The molecule has 0 heterocycles. The van der Waals surface area contributed by atoms with Crippen LogP contribution in [0.3, 0.4) is 0 Å². The Balaban J connectivity index is 3.07. The highest BCUT2D eigenvalue weighted by Gasteiger charge is 2.24. The second kappa shape index (κ2) is 8.10. The molecule has 0 bridgehead atoms. The summed E-state index contributed by atoms with van der Waals surface area (Å²) in [6.07, 6.45) is 0.745. The molecule has 0 saturated carbocycles. The largest absolute Gasteiger partial charge is 0.392 e. The molecule has 0 saturated heterocycles. The highest BCUT2D eigenvalue weighted by atomic mass is 35.5.